The van der Waals surface area contributed by atoms with Crippen molar-refractivity contribution in [1.82, 2.24) is 10.6 Å². The largest absolute Gasteiger partial charge is 0.480 e. The Kier molecular flexibility index (Phi) is 4.59. The van der Waals surface area contributed by atoms with Gasteiger partial charge < -0.3 is 15.7 Å². The highest BCUT2D eigenvalue weighted by Gasteiger charge is 2.32. The Balaban J connectivity index is 2.44. The number of nitrogens with one attached hydrogen (secondary N) is 2. The monoisotopic (exact) mass is 256 g/mol. The fourth-order valence-corrected chi connectivity index (χ4v) is 2.44. The molecule has 0 bridgehead atoms. The van der Waals surface area contributed by atoms with Crippen LogP contribution in [0.15, 0.2) is 0 Å². The van der Waals surface area contributed by atoms with Crippen molar-refractivity contribution in [3.05, 3.63) is 0 Å². The van der Waals surface area contributed by atoms with Crippen molar-refractivity contribution in [2.75, 3.05) is 0 Å². The lowest BCUT2D eigenvalue weighted by Gasteiger charge is -2.21. The van der Waals surface area contributed by atoms with Gasteiger partial charge in [0, 0.05) is 6.04 Å². The molecule has 2 amide bonds. The molecular formula is C13H24N2O3. The summed E-state index contributed by atoms with van der Waals surface area (Å²) in [6.07, 6.45) is 2.99. The Morgan fingerprint density at radius 3 is 2.33 bits per heavy atom. The van der Waals surface area contributed by atoms with Crippen molar-refractivity contribution < 1.29 is 14.7 Å². The second-order valence-corrected chi connectivity index (χ2v) is 6.28. The van der Waals surface area contributed by atoms with Crippen molar-refractivity contribution in [2.24, 2.45) is 11.3 Å². The lowest BCUT2D eigenvalue weighted by Crippen LogP contribution is -2.50. The molecule has 0 saturated heterocycles. The summed E-state index contributed by atoms with van der Waals surface area (Å²) in [5, 5.41) is 14.4. The van der Waals surface area contributed by atoms with Gasteiger partial charge in [0.25, 0.3) is 0 Å². The van der Waals surface area contributed by atoms with E-state index in [0.717, 1.165) is 19.3 Å². The Hall–Kier alpha value is -1.26. The quantitative estimate of drug-likeness (QED) is 0.719. The van der Waals surface area contributed by atoms with Gasteiger partial charge in [-0.1, -0.05) is 27.7 Å². The zero-order chi connectivity index (χ0) is 13.9. The third-order valence-corrected chi connectivity index (χ3v) is 3.52. The minimum absolute atomic E-state index is 0.131. The van der Waals surface area contributed by atoms with Gasteiger partial charge in [-0.15, -0.1) is 0 Å². The van der Waals surface area contributed by atoms with Crippen molar-refractivity contribution in [3.8, 4) is 0 Å². The first-order valence-electron chi connectivity index (χ1n) is 6.51. The molecule has 0 heterocycles. The van der Waals surface area contributed by atoms with Gasteiger partial charge in [0.15, 0.2) is 0 Å². The fourth-order valence-electron chi connectivity index (χ4n) is 2.44. The van der Waals surface area contributed by atoms with E-state index in [1.54, 1.807) is 13.8 Å². The van der Waals surface area contributed by atoms with Gasteiger partial charge in [0.1, 0.15) is 6.04 Å². The van der Waals surface area contributed by atoms with E-state index in [1.807, 2.05) is 0 Å². The summed E-state index contributed by atoms with van der Waals surface area (Å²) in [6, 6.07) is -1.06. The molecule has 1 aliphatic carbocycles. The number of carboxylic acid groups (broad SMARTS) is 1. The molecular weight excluding hydrogens is 232 g/mol. The lowest BCUT2D eigenvalue weighted by molar-refractivity contribution is -0.140. The summed E-state index contributed by atoms with van der Waals surface area (Å²) >= 11 is 0. The number of aliphatic carboxylic acids is 1. The standard InChI is InChI=1S/C13H24N2O3/c1-8(2)10(11(16)17)15-12(18)14-9-5-6-13(3,4)7-9/h8-10H,5-7H2,1-4H3,(H,16,17)(H2,14,15,18)/t9?,10-/m1/s1. The van der Waals surface area contributed by atoms with Gasteiger partial charge in [-0.25, -0.2) is 9.59 Å². The molecule has 3 N–H and O–H groups in total. The third-order valence-electron chi connectivity index (χ3n) is 3.52. The third kappa shape index (κ3) is 4.20. The van der Waals surface area contributed by atoms with Crippen LogP contribution in [0.5, 0.6) is 0 Å². The summed E-state index contributed by atoms with van der Waals surface area (Å²) in [5.41, 5.74) is 0.266. The molecule has 104 valence electrons. The van der Waals surface area contributed by atoms with E-state index in [-0.39, 0.29) is 23.4 Å². The molecule has 18 heavy (non-hydrogen) atoms. The van der Waals surface area contributed by atoms with E-state index in [1.165, 1.54) is 0 Å². The van der Waals surface area contributed by atoms with E-state index >= 15 is 0 Å². The van der Waals surface area contributed by atoms with Crippen molar-refractivity contribution in [2.45, 2.75) is 59.0 Å². The normalized spacial score (nSPS) is 23.7. The van der Waals surface area contributed by atoms with Gasteiger partial charge >= 0.3 is 12.0 Å². The number of carbonyl (C=O) groups excluding carboxylic acids is 1. The maximum Gasteiger partial charge on any atom is 0.326 e. The number of carbonyl (C=O) groups is 2. The molecule has 2 atom stereocenters. The van der Waals surface area contributed by atoms with Gasteiger partial charge in [0.2, 0.25) is 0 Å². The number of carboxylic acids is 1. The SMILES string of the molecule is CC(C)[C@@H](NC(=O)NC1CCC(C)(C)C1)C(=O)O. The van der Waals surface area contributed by atoms with Crippen LogP contribution in [-0.2, 0) is 4.79 Å². The maximum atomic E-state index is 11.7. The molecule has 0 spiro atoms. The second kappa shape index (κ2) is 5.59. The van der Waals surface area contributed by atoms with Crippen LogP contribution in [0.3, 0.4) is 0 Å². The highest BCUT2D eigenvalue weighted by Crippen LogP contribution is 2.36. The summed E-state index contributed by atoms with van der Waals surface area (Å²) in [6.45, 7) is 7.91. The average Bonchev–Trinajstić information content (AvgIpc) is 2.53. The number of amides is 2. The molecule has 1 rings (SSSR count). The Labute approximate surface area is 108 Å². The van der Waals surface area contributed by atoms with E-state index in [4.69, 9.17) is 5.11 Å². The van der Waals surface area contributed by atoms with Crippen LogP contribution < -0.4 is 10.6 Å². The molecule has 0 aliphatic heterocycles. The first-order chi connectivity index (χ1) is 8.21. The van der Waals surface area contributed by atoms with Crippen molar-refractivity contribution >= 4 is 12.0 Å². The summed E-state index contributed by atoms with van der Waals surface area (Å²) in [4.78, 5) is 22.7. The molecule has 0 aromatic carbocycles. The summed E-state index contributed by atoms with van der Waals surface area (Å²) < 4.78 is 0. The van der Waals surface area contributed by atoms with Gasteiger partial charge in [-0.3, -0.25) is 0 Å². The zero-order valence-electron chi connectivity index (χ0n) is 11.6. The van der Waals surface area contributed by atoms with Crippen LogP contribution in [0.4, 0.5) is 4.79 Å². The first-order valence-corrected chi connectivity index (χ1v) is 6.51. The number of rotatable bonds is 4. The molecule has 0 aromatic heterocycles. The van der Waals surface area contributed by atoms with E-state index in [9.17, 15) is 9.59 Å². The minimum Gasteiger partial charge on any atom is -0.480 e. The van der Waals surface area contributed by atoms with Crippen LogP contribution in [0.1, 0.15) is 47.0 Å². The fraction of sp³-hybridized carbons (Fsp3) is 0.846. The van der Waals surface area contributed by atoms with Gasteiger partial charge in [-0.2, -0.15) is 0 Å². The number of urea groups is 1. The van der Waals surface area contributed by atoms with E-state index in [2.05, 4.69) is 24.5 Å². The van der Waals surface area contributed by atoms with Crippen molar-refractivity contribution in [3.63, 3.8) is 0 Å². The molecule has 1 aliphatic rings. The highest BCUT2D eigenvalue weighted by molar-refractivity contribution is 5.82. The second-order valence-electron chi connectivity index (χ2n) is 6.28. The van der Waals surface area contributed by atoms with Crippen LogP contribution >= 0.6 is 0 Å². The Bertz CT molecular complexity index is 326. The summed E-state index contributed by atoms with van der Waals surface area (Å²) in [5.74, 6) is -1.12. The maximum absolute atomic E-state index is 11.7. The molecule has 1 fully saturated rings. The van der Waals surface area contributed by atoms with Gasteiger partial charge in [0.05, 0.1) is 0 Å². The van der Waals surface area contributed by atoms with Gasteiger partial charge in [-0.05, 0) is 30.6 Å². The van der Waals surface area contributed by atoms with E-state index < -0.39 is 12.0 Å². The first kappa shape index (κ1) is 14.8. The highest BCUT2D eigenvalue weighted by atomic mass is 16.4. The molecule has 0 aromatic rings. The Morgan fingerprint density at radius 1 is 1.33 bits per heavy atom. The Morgan fingerprint density at radius 2 is 1.94 bits per heavy atom. The van der Waals surface area contributed by atoms with Crippen LogP contribution in [0, 0.1) is 11.3 Å². The number of hydrogen-bond acceptors (Lipinski definition) is 2. The smallest absolute Gasteiger partial charge is 0.326 e. The number of hydrogen-bond donors (Lipinski definition) is 3. The summed E-state index contributed by atoms with van der Waals surface area (Å²) in [7, 11) is 0. The molecule has 5 nitrogen and oxygen atoms in total. The minimum atomic E-state index is -0.994. The predicted molar refractivity (Wildman–Crippen MR) is 69.3 cm³/mol. The molecule has 5 heteroatoms. The molecule has 1 unspecified atom stereocenters. The molecule has 1 saturated carbocycles. The topological polar surface area (TPSA) is 78.4 Å². The van der Waals surface area contributed by atoms with Crippen LogP contribution in [-0.4, -0.2) is 29.2 Å². The van der Waals surface area contributed by atoms with E-state index in [0.29, 0.717) is 0 Å². The average molecular weight is 256 g/mol. The lowest BCUT2D eigenvalue weighted by atomic mass is 9.92. The van der Waals surface area contributed by atoms with Crippen LogP contribution in [0.2, 0.25) is 0 Å². The molecule has 0 radical (unpaired) electrons. The van der Waals surface area contributed by atoms with Crippen LogP contribution in [0.25, 0.3) is 0 Å². The van der Waals surface area contributed by atoms with Crippen molar-refractivity contribution in [1.29, 1.82) is 0 Å². The zero-order valence-corrected chi connectivity index (χ0v) is 11.6. The predicted octanol–water partition coefficient (Wildman–Crippen LogP) is 1.97.